The van der Waals surface area contributed by atoms with E-state index in [9.17, 15) is 14.9 Å². The van der Waals surface area contributed by atoms with Gasteiger partial charge < -0.3 is 4.42 Å². The monoisotopic (exact) mass is 509 g/mol. The van der Waals surface area contributed by atoms with E-state index in [-0.39, 0.29) is 11.6 Å². The second kappa shape index (κ2) is 9.91. The van der Waals surface area contributed by atoms with Crippen LogP contribution in [0, 0.1) is 30.9 Å². The quantitative estimate of drug-likeness (QED) is 0.157. The van der Waals surface area contributed by atoms with E-state index in [1.807, 2.05) is 62.4 Å². The molecule has 0 radical (unpaired) electrons. The highest BCUT2D eigenvalue weighted by Gasteiger charge is 2.35. The Balaban J connectivity index is 1.51. The minimum absolute atomic E-state index is 0.0287. The zero-order chi connectivity index (χ0) is 26.1. The number of carbonyl (C=O) groups is 1. The molecule has 3 aromatic carbocycles. The van der Waals surface area contributed by atoms with E-state index in [2.05, 4.69) is 0 Å². The molecule has 1 amide bonds. The number of furan rings is 1. The first-order valence-electron chi connectivity index (χ1n) is 11.6. The van der Waals surface area contributed by atoms with Gasteiger partial charge >= 0.3 is 0 Å². The van der Waals surface area contributed by atoms with Crippen LogP contribution < -0.4 is 4.90 Å². The first-order chi connectivity index (χ1) is 17.8. The molecular formula is C29H23N3O4S. The van der Waals surface area contributed by atoms with Crippen LogP contribution >= 0.6 is 11.8 Å². The molecule has 1 fully saturated rings. The first-order valence-corrected chi connectivity index (χ1v) is 12.4. The average Bonchev–Trinajstić information content (AvgIpc) is 3.45. The number of aliphatic imine (C=N–C) groups is 1. The summed E-state index contributed by atoms with van der Waals surface area (Å²) in [6, 6.07) is 23.9. The van der Waals surface area contributed by atoms with Crippen LogP contribution in [0.15, 0.2) is 93.2 Å². The number of hydrogen-bond acceptors (Lipinski definition) is 6. The molecule has 4 aromatic rings. The standard InChI is InChI=1S/C29H23N3O4S/c1-18-7-11-21(12-8-18)30-29-31(22-13-9-19(2)10-14-22)28(33)27(37-29)17-23-15-16-26(36-23)24-5-4-6-25(20(24)3)32(34)35/h4-17H,1-3H3/b27-17+,30-29?. The molecule has 0 atom stereocenters. The first kappa shape index (κ1) is 24.3. The number of benzene rings is 3. The van der Waals surface area contributed by atoms with Crippen LogP contribution in [0.3, 0.4) is 0 Å². The second-order valence-electron chi connectivity index (χ2n) is 8.73. The largest absolute Gasteiger partial charge is 0.457 e. The van der Waals surface area contributed by atoms with Gasteiger partial charge in [0.05, 0.1) is 21.2 Å². The van der Waals surface area contributed by atoms with Crippen molar-refractivity contribution in [2.45, 2.75) is 20.8 Å². The number of hydrogen-bond donors (Lipinski definition) is 0. The second-order valence-corrected chi connectivity index (χ2v) is 9.73. The fourth-order valence-electron chi connectivity index (χ4n) is 3.99. The predicted molar refractivity (Wildman–Crippen MR) is 148 cm³/mol. The van der Waals surface area contributed by atoms with E-state index >= 15 is 0 Å². The van der Waals surface area contributed by atoms with Gasteiger partial charge in [0.15, 0.2) is 5.17 Å². The SMILES string of the molecule is Cc1ccc(N=C2S/C(=C/c3ccc(-c4cccc([N+](=O)[O-])c4C)o3)C(=O)N2c2ccc(C)cc2)cc1. The molecule has 0 aliphatic carbocycles. The minimum Gasteiger partial charge on any atom is -0.457 e. The van der Waals surface area contributed by atoms with Crippen LogP contribution in [-0.2, 0) is 4.79 Å². The third-order valence-corrected chi connectivity index (χ3v) is 6.99. The number of anilines is 1. The molecule has 0 N–H and O–H groups in total. The zero-order valence-corrected chi connectivity index (χ0v) is 21.3. The summed E-state index contributed by atoms with van der Waals surface area (Å²) in [6.45, 7) is 5.70. The van der Waals surface area contributed by atoms with Crippen LogP contribution in [0.4, 0.5) is 17.1 Å². The number of rotatable bonds is 5. The third kappa shape index (κ3) is 4.96. The maximum Gasteiger partial charge on any atom is 0.273 e. The van der Waals surface area contributed by atoms with Crippen molar-refractivity contribution in [2.24, 2.45) is 4.99 Å². The van der Waals surface area contributed by atoms with Crippen LogP contribution in [0.5, 0.6) is 0 Å². The topological polar surface area (TPSA) is 89.0 Å². The zero-order valence-electron chi connectivity index (χ0n) is 20.5. The van der Waals surface area contributed by atoms with E-state index in [0.29, 0.717) is 32.7 Å². The highest BCUT2D eigenvalue weighted by Crippen LogP contribution is 2.38. The minimum atomic E-state index is -0.410. The molecule has 37 heavy (non-hydrogen) atoms. The van der Waals surface area contributed by atoms with Crippen molar-refractivity contribution in [3.8, 4) is 11.3 Å². The Morgan fingerprint density at radius 2 is 1.59 bits per heavy atom. The fraction of sp³-hybridized carbons (Fsp3) is 0.103. The van der Waals surface area contributed by atoms with Crippen LogP contribution in [0.25, 0.3) is 17.4 Å². The van der Waals surface area contributed by atoms with Crippen molar-refractivity contribution >= 4 is 46.0 Å². The summed E-state index contributed by atoms with van der Waals surface area (Å²) in [7, 11) is 0. The van der Waals surface area contributed by atoms with Crippen molar-refractivity contribution in [3.05, 3.63) is 116 Å². The Bertz CT molecular complexity index is 1570. The lowest BCUT2D eigenvalue weighted by molar-refractivity contribution is -0.385. The maximum absolute atomic E-state index is 13.5. The molecule has 1 aliphatic rings. The lowest BCUT2D eigenvalue weighted by atomic mass is 10.1. The maximum atomic E-state index is 13.5. The summed E-state index contributed by atoms with van der Waals surface area (Å²) in [5, 5.41) is 11.9. The van der Waals surface area contributed by atoms with Gasteiger partial charge in [-0.15, -0.1) is 0 Å². The van der Waals surface area contributed by atoms with E-state index in [4.69, 9.17) is 9.41 Å². The Kier molecular flexibility index (Phi) is 6.50. The lowest BCUT2D eigenvalue weighted by Gasteiger charge is -2.16. The predicted octanol–water partition coefficient (Wildman–Crippen LogP) is 7.59. The van der Waals surface area contributed by atoms with E-state index in [0.717, 1.165) is 22.5 Å². The van der Waals surface area contributed by atoms with Gasteiger partial charge in [0.25, 0.3) is 11.6 Å². The van der Waals surface area contributed by atoms with Gasteiger partial charge in [0.1, 0.15) is 11.5 Å². The van der Waals surface area contributed by atoms with Gasteiger partial charge in [-0.05, 0) is 68.9 Å². The van der Waals surface area contributed by atoms with Crippen molar-refractivity contribution in [1.29, 1.82) is 0 Å². The molecule has 8 heteroatoms. The van der Waals surface area contributed by atoms with Crippen LogP contribution in [0.2, 0.25) is 0 Å². The Morgan fingerprint density at radius 3 is 2.27 bits per heavy atom. The molecule has 1 aromatic heterocycles. The van der Waals surface area contributed by atoms with E-state index in [1.54, 1.807) is 42.2 Å². The normalized spacial score (nSPS) is 15.6. The molecule has 5 rings (SSSR count). The van der Waals surface area contributed by atoms with Crippen LogP contribution in [-0.4, -0.2) is 16.0 Å². The number of thioether (sulfide) groups is 1. The highest BCUT2D eigenvalue weighted by atomic mass is 32.2. The molecule has 7 nitrogen and oxygen atoms in total. The molecule has 1 saturated heterocycles. The Hall–Kier alpha value is -4.43. The van der Waals surface area contributed by atoms with Crippen molar-refractivity contribution < 1.29 is 14.1 Å². The Morgan fingerprint density at radius 1 is 0.919 bits per heavy atom. The van der Waals surface area contributed by atoms with Gasteiger partial charge in [-0.2, -0.15) is 0 Å². The average molecular weight is 510 g/mol. The van der Waals surface area contributed by atoms with E-state index in [1.165, 1.54) is 17.8 Å². The van der Waals surface area contributed by atoms with Crippen molar-refractivity contribution in [3.63, 3.8) is 0 Å². The highest BCUT2D eigenvalue weighted by molar-refractivity contribution is 8.19. The molecule has 0 saturated carbocycles. The number of amidine groups is 1. The van der Waals surface area contributed by atoms with Gasteiger partial charge in [-0.1, -0.05) is 47.5 Å². The molecule has 2 heterocycles. The van der Waals surface area contributed by atoms with Crippen molar-refractivity contribution in [2.75, 3.05) is 4.90 Å². The molecular weight excluding hydrogens is 486 g/mol. The molecule has 0 unspecified atom stereocenters. The molecule has 0 spiro atoms. The lowest BCUT2D eigenvalue weighted by Crippen LogP contribution is -2.28. The number of carbonyl (C=O) groups excluding carboxylic acids is 1. The smallest absolute Gasteiger partial charge is 0.273 e. The number of amides is 1. The van der Waals surface area contributed by atoms with Gasteiger partial charge in [0.2, 0.25) is 0 Å². The van der Waals surface area contributed by atoms with Crippen molar-refractivity contribution in [1.82, 2.24) is 0 Å². The summed E-state index contributed by atoms with van der Waals surface area (Å²) in [5.74, 6) is 0.758. The summed E-state index contributed by atoms with van der Waals surface area (Å²) < 4.78 is 6.00. The molecule has 0 bridgehead atoms. The summed E-state index contributed by atoms with van der Waals surface area (Å²) in [4.78, 5) is 31.3. The summed E-state index contributed by atoms with van der Waals surface area (Å²) in [5.41, 5.74) is 4.88. The molecule has 184 valence electrons. The van der Waals surface area contributed by atoms with E-state index < -0.39 is 4.92 Å². The fourth-order valence-corrected chi connectivity index (χ4v) is 4.97. The summed E-state index contributed by atoms with van der Waals surface area (Å²) in [6.07, 6.45) is 1.68. The van der Waals surface area contributed by atoms with Gasteiger partial charge in [-0.3, -0.25) is 19.8 Å². The summed E-state index contributed by atoms with van der Waals surface area (Å²) >= 11 is 1.27. The molecule has 1 aliphatic heterocycles. The van der Waals surface area contributed by atoms with Crippen LogP contribution in [0.1, 0.15) is 22.5 Å². The Labute approximate surface area is 218 Å². The number of nitro groups is 1. The number of aryl methyl sites for hydroxylation is 2. The number of nitro benzene ring substituents is 1. The number of nitrogens with zero attached hydrogens (tertiary/aromatic N) is 3. The van der Waals surface area contributed by atoms with Gasteiger partial charge in [0, 0.05) is 23.3 Å². The third-order valence-electron chi connectivity index (χ3n) is 6.02. The van der Waals surface area contributed by atoms with Gasteiger partial charge in [-0.25, -0.2) is 4.99 Å².